The minimum absolute atomic E-state index is 0.106. The maximum absolute atomic E-state index is 13.6. The topological polar surface area (TPSA) is 41.6 Å². The number of carbonyl (C=O) groups is 1. The molecule has 0 spiro atoms. The number of hydrogen-bond acceptors (Lipinski definition) is 3. The highest BCUT2D eigenvalue weighted by Crippen LogP contribution is 2.25. The van der Waals surface area contributed by atoms with Gasteiger partial charge >= 0.3 is 0 Å². The third-order valence-corrected chi connectivity index (χ3v) is 6.14. The van der Waals surface area contributed by atoms with E-state index in [4.69, 9.17) is 4.74 Å². The fourth-order valence-electron chi connectivity index (χ4n) is 3.91. The van der Waals surface area contributed by atoms with Crippen LogP contribution >= 0.6 is 0 Å². The Morgan fingerprint density at radius 2 is 1.31 bits per heavy atom. The Kier molecular flexibility index (Phi) is 10.6. The van der Waals surface area contributed by atoms with Crippen molar-refractivity contribution in [2.75, 3.05) is 13.1 Å². The summed E-state index contributed by atoms with van der Waals surface area (Å²) in [6.45, 7) is 22.1. The van der Waals surface area contributed by atoms with Gasteiger partial charge in [-0.05, 0) is 87.2 Å². The molecule has 4 heteroatoms. The van der Waals surface area contributed by atoms with Crippen LogP contribution in [0.5, 0.6) is 5.75 Å². The molecule has 0 heterocycles. The standard InChI is InChI=1S/C32H50N2O2/c1-30(2,3)19-21-34(22-20-31(4,5)6)28(29(35)33-32(7,8)9)23-25-15-17-27(18-16-25)36-24-26-13-11-10-12-14-26/h10-18,28H,19-24H2,1-9H3,(H,33,35). The van der Waals surface area contributed by atoms with E-state index < -0.39 is 0 Å². The van der Waals surface area contributed by atoms with Crippen molar-refractivity contribution in [1.82, 2.24) is 10.2 Å². The number of nitrogens with zero attached hydrogens (tertiary/aromatic N) is 1. The smallest absolute Gasteiger partial charge is 0.238 e. The lowest BCUT2D eigenvalue weighted by Crippen LogP contribution is -2.54. The zero-order chi connectivity index (χ0) is 27.0. The third kappa shape index (κ3) is 12.1. The van der Waals surface area contributed by atoms with Crippen LogP contribution in [0.3, 0.4) is 0 Å². The SMILES string of the molecule is CC(C)(C)CCN(CCC(C)(C)C)C(Cc1ccc(OCc2ccccc2)cc1)C(=O)NC(C)(C)C. The van der Waals surface area contributed by atoms with E-state index in [0.717, 1.165) is 42.8 Å². The summed E-state index contributed by atoms with van der Waals surface area (Å²) < 4.78 is 5.98. The summed E-state index contributed by atoms with van der Waals surface area (Å²) in [6, 6.07) is 18.2. The first-order valence-electron chi connectivity index (χ1n) is 13.4. The van der Waals surface area contributed by atoms with Crippen LogP contribution in [0.15, 0.2) is 54.6 Å². The van der Waals surface area contributed by atoms with Gasteiger partial charge < -0.3 is 10.1 Å². The minimum Gasteiger partial charge on any atom is -0.489 e. The van der Waals surface area contributed by atoms with Gasteiger partial charge in [0, 0.05) is 5.54 Å². The molecule has 0 saturated heterocycles. The van der Waals surface area contributed by atoms with Gasteiger partial charge in [0.1, 0.15) is 12.4 Å². The van der Waals surface area contributed by atoms with Crippen LogP contribution in [-0.4, -0.2) is 35.5 Å². The molecule has 1 N–H and O–H groups in total. The molecule has 1 unspecified atom stereocenters. The number of ether oxygens (including phenoxy) is 1. The Labute approximate surface area is 220 Å². The number of amides is 1. The lowest BCUT2D eigenvalue weighted by molar-refractivity contribution is -0.128. The Morgan fingerprint density at radius 3 is 1.78 bits per heavy atom. The van der Waals surface area contributed by atoms with Gasteiger partial charge in [0.25, 0.3) is 0 Å². The normalized spacial score (nSPS) is 13.5. The van der Waals surface area contributed by atoms with Crippen LogP contribution in [0, 0.1) is 10.8 Å². The van der Waals surface area contributed by atoms with Crippen LogP contribution in [0.25, 0.3) is 0 Å². The molecule has 0 fully saturated rings. The van der Waals surface area contributed by atoms with Gasteiger partial charge in [-0.25, -0.2) is 0 Å². The highest BCUT2D eigenvalue weighted by Gasteiger charge is 2.30. The molecule has 2 aromatic carbocycles. The monoisotopic (exact) mass is 494 g/mol. The number of carbonyl (C=O) groups excluding carboxylic acids is 1. The maximum Gasteiger partial charge on any atom is 0.238 e. The number of hydrogen-bond donors (Lipinski definition) is 1. The van der Waals surface area contributed by atoms with E-state index in [1.165, 1.54) is 0 Å². The molecule has 0 aliphatic heterocycles. The minimum atomic E-state index is -0.274. The first-order chi connectivity index (χ1) is 16.6. The van der Waals surface area contributed by atoms with Crippen LogP contribution in [-0.2, 0) is 17.8 Å². The van der Waals surface area contributed by atoms with Crippen LogP contribution < -0.4 is 10.1 Å². The highest BCUT2D eigenvalue weighted by molar-refractivity contribution is 5.82. The molecule has 2 aromatic rings. The first kappa shape index (κ1) is 29.9. The van der Waals surface area contributed by atoms with Gasteiger partial charge in [-0.3, -0.25) is 9.69 Å². The maximum atomic E-state index is 13.6. The second-order valence-electron chi connectivity index (χ2n) is 13.5. The van der Waals surface area contributed by atoms with Gasteiger partial charge in [-0.15, -0.1) is 0 Å². The summed E-state index contributed by atoms with van der Waals surface area (Å²) in [5.74, 6) is 0.949. The zero-order valence-electron chi connectivity index (χ0n) is 24.3. The quantitative estimate of drug-likeness (QED) is 0.357. The molecule has 0 aromatic heterocycles. The second-order valence-corrected chi connectivity index (χ2v) is 13.5. The van der Waals surface area contributed by atoms with Gasteiger partial charge in [0.05, 0.1) is 6.04 Å². The van der Waals surface area contributed by atoms with E-state index in [1.54, 1.807) is 0 Å². The fraction of sp³-hybridized carbons (Fsp3) is 0.594. The Balaban J connectivity index is 2.21. The van der Waals surface area contributed by atoms with Crippen molar-refractivity contribution in [2.24, 2.45) is 10.8 Å². The van der Waals surface area contributed by atoms with Crippen LogP contribution in [0.1, 0.15) is 86.3 Å². The average molecular weight is 495 g/mol. The third-order valence-electron chi connectivity index (χ3n) is 6.14. The molecule has 36 heavy (non-hydrogen) atoms. The molecule has 200 valence electrons. The summed E-state index contributed by atoms with van der Waals surface area (Å²) in [6.07, 6.45) is 2.76. The van der Waals surface area contributed by atoms with Gasteiger partial charge in [0.15, 0.2) is 0 Å². The Morgan fingerprint density at radius 1 is 0.778 bits per heavy atom. The molecule has 1 amide bonds. The van der Waals surface area contributed by atoms with E-state index in [2.05, 4.69) is 96.8 Å². The molecule has 0 aliphatic carbocycles. The van der Waals surface area contributed by atoms with Crippen molar-refractivity contribution in [3.8, 4) is 5.75 Å². The van der Waals surface area contributed by atoms with Crippen molar-refractivity contribution < 1.29 is 9.53 Å². The zero-order valence-corrected chi connectivity index (χ0v) is 24.3. The van der Waals surface area contributed by atoms with Crippen LogP contribution in [0.4, 0.5) is 0 Å². The van der Waals surface area contributed by atoms with Crippen molar-refractivity contribution >= 4 is 5.91 Å². The molecule has 4 nitrogen and oxygen atoms in total. The Hall–Kier alpha value is -2.33. The second kappa shape index (κ2) is 12.8. The lowest BCUT2D eigenvalue weighted by Gasteiger charge is -2.36. The molecular formula is C32H50N2O2. The summed E-state index contributed by atoms with van der Waals surface area (Å²) in [5.41, 5.74) is 2.44. The van der Waals surface area contributed by atoms with Crippen molar-refractivity contribution in [2.45, 2.75) is 99.8 Å². The number of rotatable bonds is 11. The molecule has 2 rings (SSSR count). The first-order valence-corrected chi connectivity index (χ1v) is 13.4. The van der Waals surface area contributed by atoms with Crippen molar-refractivity contribution in [1.29, 1.82) is 0 Å². The summed E-state index contributed by atoms with van der Waals surface area (Å²) in [4.78, 5) is 16.0. The average Bonchev–Trinajstić information content (AvgIpc) is 2.75. The van der Waals surface area contributed by atoms with Gasteiger partial charge in [-0.1, -0.05) is 84.0 Å². The number of nitrogens with one attached hydrogen (secondary N) is 1. The molecule has 0 aliphatic rings. The predicted octanol–water partition coefficient (Wildman–Crippen LogP) is 7.27. The summed E-state index contributed by atoms with van der Waals surface area (Å²) >= 11 is 0. The molecule has 0 radical (unpaired) electrons. The summed E-state index contributed by atoms with van der Waals surface area (Å²) in [7, 11) is 0. The van der Waals surface area contributed by atoms with Crippen LogP contribution in [0.2, 0.25) is 0 Å². The fourth-order valence-corrected chi connectivity index (χ4v) is 3.91. The van der Waals surface area contributed by atoms with Gasteiger partial charge in [0.2, 0.25) is 5.91 Å². The Bertz CT molecular complexity index is 898. The van der Waals surface area contributed by atoms with Crippen molar-refractivity contribution in [3.63, 3.8) is 0 Å². The van der Waals surface area contributed by atoms with E-state index in [-0.39, 0.29) is 28.3 Å². The molecule has 0 bridgehead atoms. The molecule has 0 saturated carbocycles. The van der Waals surface area contributed by atoms with E-state index >= 15 is 0 Å². The van der Waals surface area contributed by atoms with E-state index in [9.17, 15) is 4.79 Å². The van der Waals surface area contributed by atoms with Crippen molar-refractivity contribution in [3.05, 3.63) is 65.7 Å². The van der Waals surface area contributed by atoms with E-state index in [0.29, 0.717) is 13.0 Å². The largest absolute Gasteiger partial charge is 0.489 e. The van der Waals surface area contributed by atoms with E-state index in [1.807, 2.05) is 30.3 Å². The van der Waals surface area contributed by atoms with Gasteiger partial charge in [-0.2, -0.15) is 0 Å². The highest BCUT2D eigenvalue weighted by atomic mass is 16.5. The summed E-state index contributed by atoms with van der Waals surface area (Å²) in [5, 5.41) is 3.26. The molecule has 1 atom stereocenters. The number of benzene rings is 2. The lowest BCUT2D eigenvalue weighted by atomic mass is 9.89. The molecular weight excluding hydrogens is 444 g/mol. The predicted molar refractivity (Wildman–Crippen MR) is 152 cm³/mol.